The second-order valence-electron chi connectivity index (χ2n) is 4.47. The zero-order valence-corrected chi connectivity index (χ0v) is 11.3. The Kier molecular flexibility index (Phi) is 3.23. The number of benzene rings is 2. The molecule has 0 aliphatic carbocycles. The lowest BCUT2D eigenvalue weighted by Gasteiger charge is -2.08. The van der Waals surface area contributed by atoms with Crippen LogP contribution in [-0.2, 0) is 0 Å². The van der Waals surface area contributed by atoms with E-state index in [1.54, 1.807) is 19.4 Å². The van der Waals surface area contributed by atoms with E-state index in [9.17, 15) is 10.2 Å². The van der Waals surface area contributed by atoms with Gasteiger partial charge in [-0.1, -0.05) is 23.4 Å². The highest BCUT2D eigenvalue weighted by Gasteiger charge is 2.18. The van der Waals surface area contributed by atoms with Crippen LogP contribution in [0.1, 0.15) is 0 Å². The number of phenolic OH excluding ortho intramolecular Hbond substituents is 2. The van der Waals surface area contributed by atoms with Gasteiger partial charge in [0.15, 0.2) is 5.76 Å². The molecular formula is C16H13NO4. The molecule has 0 bridgehead atoms. The number of phenols is 2. The third kappa shape index (κ3) is 2.29. The van der Waals surface area contributed by atoms with Gasteiger partial charge in [0.2, 0.25) is 0 Å². The number of aromatic hydroxyl groups is 2. The molecule has 3 rings (SSSR count). The molecule has 5 nitrogen and oxygen atoms in total. The van der Waals surface area contributed by atoms with Gasteiger partial charge in [-0.05, 0) is 18.2 Å². The minimum atomic E-state index is -0.0807. The summed E-state index contributed by atoms with van der Waals surface area (Å²) in [5.74, 6) is 0.995. The van der Waals surface area contributed by atoms with E-state index in [0.29, 0.717) is 22.6 Å². The first-order chi connectivity index (χ1) is 10.2. The Morgan fingerprint density at radius 3 is 2.57 bits per heavy atom. The molecule has 1 heterocycles. The second kappa shape index (κ2) is 5.20. The summed E-state index contributed by atoms with van der Waals surface area (Å²) in [5, 5.41) is 23.2. The molecule has 0 aliphatic heterocycles. The van der Waals surface area contributed by atoms with Crippen molar-refractivity contribution in [1.82, 2.24) is 5.16 Å². The van der Waals surface area contributed by atoms with Crippen LogP contribution in [-0.4, -0.2) is 22.5 Å². The van der Waals surface area contributed by atoms with Crippen molar-refractivity contribution in [3.63, 3.8) is 0 Å². The lowest BCUT2D eigenvalue weighted by molar-refractivity contribution is 0.416. The Morgan fingerprint density at radius 2 is 1.81 bits per heavy atom. The maximum absolute atomic E-state index is 9.98. The molecule has 106 valence electrons. The van der Waals surface area contributed by atoms with Crippen molar-refractivity contribution in [2.45, 2.75) is 0 Å². The van der Waals surface area contributed by atoms with Crippen LogP contribution in [0.4, 0.5) is 0 Å². The van der Waals surface area contributed by atoms with Gasteiger partial charge in [-0.25, -0.2) is 0 Å². The van der Waals surface area contributed by atoms with Crippen LogP contribution in [0.15, 0.2) is 53.2 Å². The highest BCUT2D eigenvalue weighted by molar-refractivity contribution is 5.84. The molecular weight excluding hydrogens is 270 g/mol. The van der Waals surface area contributed by atoms with Crippen molar-refractivity contribution in [3.05, 3.63) is 48.7 Å². The molecule has 0 fully saturated rings. The largest absolute Gasteiger partial charge is 0.508 e. The Balaban J connectivity index is 2.17. The van der Waals surface area contributed by atoms with Crippen LogP contribution in [0, 0.1) is 0 Å². The monoisotopic (exact) mass is 283 g/mol. The van der Waals surface area contributed by atoms with E-state index in [1.165, 1.54) is 12.1 Å². The average Bonchev–Trinajstić information content (AvgIpc) is 2.96. The predicted octanol–water partition coefficient (Wildman–Crippen LogP) is 3.43. The molecule has 2 aromatic carbocycles. The second-order valence-corrected chi connectivity index (χ2v) is 4.47. The van der Waals surface area contributed by atoms with Crippen LogP contribution < -0.4 is 4.74 Å². The molecule has 1 aromatic heterocycles. The Hall–Kier alpha value is -2.95. The summed E-state index contributed by atoms with van der Waals surface area (Å²) in [7, 11) is 1.59. The molecule has 0 aliphatic rings. The maximum Gasteiger partial charge on any atom is 0.178 e. The molecule has 0 unspecified atom stereocenters. The quantitative estimate of drug-likeness (QED) is 0.770. The van der Waals surface area contributed by atoms with Crippen LogP contribution >= 0.6 is 0 Å². The van der Waals surface area contributed by atoms with Crippen molar-refractivity contribution in [2.75, 3.05) is 7.11 Å². The molecule has 0 saturated heterocycles. The maximum atomic E-state index is 9.98. The van der Waals surface area contributed by atoms with E-state index in [4.69, 9.17) is 9.26 Å². The van der Waals surface area contributed by atoms with Gasteiger partial charge in [-0.2, -0.15) is 0 Å². The molecule has 5 heteroatoms. The van der Waals surface area contributed by atoms with Gasteiger partial charge >= 0.3 is 0 Å². The Morgan fingerprint density at radius 1 is 1.00 bits per heavy atom. The van der Waals surface area contributed by atoms with E-state index >= 15 is 0 Å². The van der Waals surface area contributed by atoms with Crippen molar-refractivity contribution in [2.24, 2.45) is 0 Å². The molecule has 0 saturated carbocycles. The summed E-state index contributed by atoms with van der Waals surface area (Å²) in [5.41, 5.74) is 1.96. The summed E-state index contributed by atoms with van der Waals surface area (Å²) in [6.45, 7) is 0. The molecule has 3 aromatic rings. The number of para-hydroxylation sites is 1. The van der Waals surface area contributed by atoms with Crippen molar-refractivity contribution >= 4 is 0 Å². The lowest BCUT2D eigenvalue weighted by atomic mass is 10.0. The van der Waals surface area contributed by atoms with Crippen LogP contribution in [0.3, 0.4) is 0 Å². The topological polar surface area (TPSA) is 75.7 Å². The first-order valence-corrected chi connectivity index (χ1v) is 6.31. The highest BCUT2D eigenvalue weighted by atomic mass is 16.5. The van der Waals surface area contributed by atoms with Gasteiger partial charge in [0.05, 0.1) is 24.4 Å². The third-order valence-corrected chi connectivity index (χ3v) is 3.19. The fourth-order valence-corrected chi connectivity index (χ4v) is 2.20. The van der Waals surface area contributed by atoms with Crippen molar-refractivity contribution in [3.8, 4) is 39.7 Å². The first kappa shape index (κ1) is 13.1. The molecule has 0 spiro atoms. The number of hydrogen-bond acceptors (Lipinski definition) is 5. The van der Waals surface area contributed by atoms with Gasteiger partial charge in [-0.15, -0.1) is 0 Å². The number of hydrogen-bond donors (Lipinski definition) is 2. The zero-order valence-electron chi connectivity index (χ0n) is 11.3. The van der Waals surface area contributed by atoms with Gasteiger partial charge in [0, 0.05) is 11.6 Å². The van der Waals surface area contributed by atoms with E-state index < -0.39 is 0 Å². The number of aromatic nitrogens is 1. The van der Waals surface area contributed by atoms with E-state index in [2.05, 4.69) is 5.16 Å². The average molecular weight is 283 g/mol. The van der Waals surface area contributed by atoms with Gasteiger partial charge < -0.3 is 19.5 Å². The standard InChI is InChI=1S/C16H13NO4/c1-20-15-5-3-2-4-11(15)13-9-17-21-16(13)12-7-6-10(18)8-14(12)19/h2-9,18-19H,1H3. The SMILES string of the molecule is COc1ccccc1-c1cnoc1-c1ccc(O)cc1O. The summed E-state index contributed by atoms with van der Waals surface area (Å²) >= 11 is 0. The molecule has 21 heavy (non-hydrogen) atoms. The van der Waals surface area contributed by atoms with Crippen molar-refractivity contribution in [1.29, 1.82) is 0 Å². The highest BCUT2D eigenvalue weighted by Crippen LogP contribution is 2.40. The normalized spacial score (nSPS) is 10.5. The number of ether oxygens (including phenoxy) is 1. The fourth-order valence-electron chi connectivity index (χ4n) is 2.20. The minimum Gasteiger partial charge on any atom is -0.508 e. The summed E-state index contributed by atoms with van der Waals surface area (Å²) in [6, 6.07) is 11.8. The molecule has 0 atom stereocenters. The van der Waals surface area contributed by atoms with Crippen molar-refractivity contribution < 1.29 is 19.5 Å². The number of rotatable bonds is 3. The first-order valence-electron chi connectivity index (χ1n) is 6.31. The molecule has 0 radical (unpaired) electrons. The zero-order chi connectivity index (χ0) is 14.8. The number of nitrogens with zero attached hydrogens (tertiary/aromatic N) is 1. The van der Waals surface area contributed by atoms with Gasteiger partial charge in [0.1, 0.15) is 17.2 Å². The summed E-state index contributed by atoms with van der Waals surface area (Å²) < 4.78 is 10.6. The van der Waals surface area contributed by atoms with Crippen LogP contribution in [0.5, 0.6) is 17.2 Å². The smallest absolute Gasteiger partial charge is 0.178 e. The molecule has 0 amide bonds. The minimum absolute atomic E-state index is 0.0189. The Labute approximate surface area is 121 Å². The third-order valence-electron chi connectivity index (χ3n) is 3.19. The lowest BCUT2D eigenvalue weighted by Crippen LogP contribution is -1.88. The molecule has 2 N–H and O–H groups in total. The van der Waals surface area contributed by atoms with Crippen LogP contribution in [0.2, 0.25) is 0 Å². The number of methoxy groups -OCH3 is 1. The van der Waals surface area contributed by atoms with E-state index in [-0.39, 0.29) is 11.5 Å². The van der Waals surface area contributed by atoms with Gasteiger partial charge in [-0.3, -0.25) is 0 Å². The predicted molar refractivity (Wildman–Crippen MR) is 77.3 cm³/mol. The summed E-state index contributed by atoms with van der Waals surface area (Å²) in [6.07, 6.45) is 1.57. The van der Waals surface area contributed by atoms with Crippen LogP contribution in [0.25, 0.3) is 22.5 Å². The van der Waals surface area contributed by atoms with E-state index in [1.807, 2.05) is 24.3 Å². The van der Waals surface area contributed by atoms with Gasteiger partial charge in [0.25, 0.3) is 0 Å². The fraction of sp³-hybridized carbons (Fsp3) is 0.0625. The summed E-state index contributed by atoms with van der Waals surface area (Å²) in [4.78, 5) is 0. The van der Waals surface area contributed by atoms with E-state index in [0.717, 1.165) is 5.56 Å². The Bertz CT molecular complexity index is 779.